The molecule has 4 nitrogen and oxygen atoms in total. The van der Waals surface area contributed by atoms with Gasteiger partial charge < -0.3 is 10.1 Å². The highest BCUT2D eigenvalue weighted by atomic mass is 32.1. The van der Waals surface area contributed by atoms with Gasteiger partial charge in [-0.15, -0.1) is 11.3 Å². The summed E-state index contributed by atoms with van der Waals surface area (Å²) in [5.41, 5.74) is 0. The van der Waals surface area contributed by atoms with Crippen LogP contribution in [0, 0.1) is 0 Å². The van der Waals surface area contributed by atoms with Crippen molar-refractivity contribution in [1.82, 2.24) is 15.1 Å². The van der Waals surface area contributed by atoms with Crippen LogP contribution >= 0.6 is 11.3 Å². The fourth-order valence-electron chi connectivity index (χ4n) is 1.54. The van der Waals surface area contributed by atoms with Crippen molar-refractivity contribution >= 4 is 11.3 Å². The van der Waals surface area contributed by atoms with Crippen molar-refractivity contribution in [3.63, 3.8) is 0 Å². The van der Waals surface area contributed by atoms with E-state index in [1.54, 1.807) is 17.5 Å². The third kappa shape index (κ3) is 3.85. The zero-order chi connectivity index (χ0) is 12.8. The van der Waals surface area contributed by atoms with Crippen molar-refractivity contribution in [2.75, 3.05) is 13.2 Å². The van der Waals surface area contributed by atoms with Crippen LogP contribution in [0.5, 0.6) is 5.75 Å². The van der Waals surface area contributed by atoms with E-state index in [2.05, 4.69) is 41.8 Å². The zero-order valence-corrected chi connectivity index (χ0v) is 11.6. The first-order valence-electron chi connectivity index (χ1n) is 6.16. The van der Waals surface area contributed by atoms with Crippen LogP contribution in [0.15, 0.2) is 29.9 Å². The Bertz CT molecular complexity index is 451. The summed E-state index contributed by atoms with van der Waals surface area (Å²) in [6.45, 7) is 6.60. The third-order valence-corrected chi connectivity index (χ3v) is 3.41. The molecule has 0 fully saturated rings. The summed E-state index contributed by atoms with van der Waals surface area (Å²) in [7, 11) is 0. The molecule has 0 radical (unpaired) electrons. The van der Waals surface area contributed by atoms with Gasteiger partial charge in [0.05, 0.1) is 12.4 Å². The van der Waals surface area contributed by atoms with Crippen molar-refractivity contribution in [1.29, 1.82) is 0 Å². The Kier molecular flexibility index (Phi) is 4.78. The number of aromatic nitrogens is 2. The zero-order valence-electron chi connectivity index (χ0n) is 10.8. The first kappa shape index (κ1) is 13.1. The van der Waals surface area contributed by atoms with Gasteiger partial charge in [0.2, 0.25) is 0 Å². The van der Waals surface area contributed by atoms with Crippen molar-refractivity contribution < 1.29 is 4.74 Å². The maximum absolute atomic E-state index is 5.61. The lowest BCUT2D eigenvalue weighted by Gasteiger charge is -2.05. The minimum Gasteiger partial charge on any atom is -0.489 e. The van der Waals surface area contributed by atoms with Gasteiger partial charge in [0.15, 0.2) is 5.75 Å². The molecule has 0 aliphatic heterocycles. The summed E-state index contributed by atoms with van der Waals surface area (Å²) >= 11 is 1.77. The van der Waals surface area contributed by atoms with Crippen LogP contribution in [0.25, 0.3) is 0 Å². The van der Waals surface area contributed by atoms with Crippen LogP contribution in [-0.4, -0.2) is 22.9 Å². The lowest BCUT2D eigenvalue weighted by atomic mass is 10.4. The summed E-state index contributed by atoms with van der Waals surface area (Å²) in [4.78, 5) is 1.35. The normalized spacial score (nSPS) is 11.1. The second kappa shape index (κ2) is 6.56. The second-order valence-corrected chi connectivity index (χ2v) is 5.39. The molecule has 2 aromatic rings. The van der Waals surface area contributed by atoms with E-state index in [4.69, 9.17) is 4.74 Å². The Morgan fingerprint density at radius 3 is 3.06 bits per heavy atom. The molecule has 0 saturated carbocycles. The summed E-state index contributed by atoms with van der Waals surface area (Å²) < 4.78 is 7.51. The third-order valence-electron chi connectivity index (χ3n) is 2.53. The van der Waals surface area contributed by atoms with Crippen LogP contribution in [0.3, 0.4) is 0 Å². The molecule has 18 heavy (non-hydrogen) atoms. The van der Waals surface area contributed by atoms with Gasteiger partial charge in [-0.05, 0) is 25.3 Å². The van der Waals surface area contributed by atoms with E-state index in [-0.39, 0.29) is 0 Å². The number of ether oxygens (including phenoxy) is 1. The summed E-state index contributed by atoms with van der Waals surface area (Å²) in [6.07, 6.45) is 3.70. The van der Waals surface area contributed by atoms with E-state index in [0.717, 1.165) is 18.8 Å². The molecule has 0 spiro atoms. The topological polar surface area (TPSA) is 39.1 Å². The molecule has 0 unspecified atom stereocenters. The molecule has 2 rings (SSSR count). The summed E-state index contributed by atoms with van der Waals surface area (Å²) in [6, 6.07) is 4.57. The van der Waals surface area contributed by atoms with Crippen molar-refractivity contribution in [3.8, 4) is 5.75 Å². The standard InChI is InChI=1S/C13H19N3OS/c1-11(2)16-10-12(8-15-16)17-6-5-14-9-13-4-3-7-18-13/h3-4,7-8,10-11,14H,5-6,9H2,1-2H3. The average Bonchev–Trinajstić information content (AvgIpc) is 2.98. The van der Waals surface area contributed by atoms with Crippen LogP contribution in [-0.2, 0) is 6.54 Å². The number of rotatable bonds is 7. The van der Waals surface area contributed by atoms with E-state index in [9.17, 15) is 0 Å². The molecule has 2 aromatic heterocycles. The first-order valence-corrected chi connectivity index (χ1v) is 7.03. The minimum atomic E-state index is 0.374. The SMILES string of the molecule is CC(C)n1cc(OCCNCc2cccs2)cn1. The number of thiophene rings is 1. The number of hydrogen-bond donors (Lipinski definition) is 1. The molecule has 0 aliphatic carbocycles. The molecule has 0 amide bonds. The van der Waals surface area contributed by atoms with E-state index in [1.807, 2.05) is 10.9 Å². The molecular weight excluding hydrogens is 246 g/mol. The van der Waals surface area contributed by atoms with Gasteiger partial charge in [-0.3, -0.25) is 4.68 Å². The van der Waals surface area contributed by atoms with Crippen LogP contribution in [0.4, 0.5) is 0 Å². The number of nitrogens with one attached hydrogen (secondary N) is 1. The van der Waals surface area contributed by atoms with Gasteiger partial charge in [-0.1, -0.05) is 6.07 Å². The Hall–Kier alpha value is -1.33. The smallest absolute Gasteiger partial charge is 0.157 e. The molecule has 0 saturated heterocycles. The molecule has 0 atom stereocenters. The molecule has 0 aliphatic rings. The van der Waals surface area contributed by atoms with E-state index >= 15 is 0 Å². The number of hydrogen-bond acceptors (Lipinski definition) is 4. The highest BCUT2D eigenvalue weighted by Crippen LogP contribution is 2.12. The fraction of sp³-hybridized carbons (Fsp3) is 0.462. The lowest BCUT2D eigenvalue weighted by molar-refractivity contribution is 0.313. The lowest BCUT2D eigenvalue weighted by Crippen LogP contribution is -2.19. The van der Waals surface area contributed by atoms with Gasteiger partial charge in [-0.2, -0.15) is 5.10 Å². The Labute approximate surface area is 112 Å². The molecule has 0 aromatic carbocycles. The molecule has 0 bridgehead atoms. The van der Waals surface area contributed by atoms with Crippen molar-refractivity contribution in [2.45, 2.75) is 26.4 Å². The van der Waals surface area contributed by atoms with Crippen molar-refractivity contribution in [2.24, 2.45) is 0 Å². The first-order chi connectivity index (χ1) is 8.75. The van der Waals surface area contributed by atoms with Crippen molar-refractivity contribution in [3.05, 3.63) is 34.8 Å². The maximum atomic E-state index is 5.61. The fourth-order valence-corrected chi connectivity index (χ4v) is 2.22. The monoisotopic (exact) mass is 265 g/mol. The molecule has 1 N–H and O–H groups in total. The Morgan fingerprint density at radius 1 is 1.50 bits per heavy atom. The van der Waals surface area contributed by atoms with Gasteiger partial charge in [0, 0.05) is 24.0 Å². The largest absolute Gasteiger partial charge is 0.489 e. The summed E-state index contributed by atoms with van der Waals surface area (Å²) in [5, 5.41) is 9.67. The molecule has 98 valence electrons. The quantitative estimate of drug-likeness (QED) is 0.782. The Balaban J connectivity index is 1.62. The average molecular weight is 265 g/mol. The maximum Gasteiger partial charge on any atom is 0.157 e. The predicted molar refractivity (Wildman–Crippen MR) is 74.1 cm³/mol. The van der Waals surface area contributed by atoms with Gasteiger partial charge in [-0.25, -0.2) is 0 Å². The van der Waals surface area contributed by atoms with Crippen LogP contribution < -0.4 is 10.1 Å². The predicted octanol–water partition coefficient (Wildman–Crippen LogP) is 2.69. The van der Waals surface area contributed by atoms with Gasteiger partial charge in [0.25, 0.3) is 0 Å². The number of nitrogens with zero attached hydrogens (tertiary/aromatic N) is 2. The minimum absolute atomic E-state index is 0.374. The van der Waals surface area contributed by atoms with E-state index in [0.29, 0.717) is 12.6 Å². The summed E-state index contributed by atoms with van der Waals surface area (Å²) in [5.74, 6) is 0.835. The van der Waals surface area contributed by atoms with Gasteiger partial charge >= 0.3 is 0 Å². The molecule has 5 heteroatoms. The highest BCUT2D eigenvalue weighted by molar-refractivity contribution is 7.09. The second-order valence-electron chi connectivity index (χ2n) is 4.35. The molecule has 2 heterocycles. The van der Waals surface area contributed by atoms with Crippen LogP contribution in [0.2, 0.25) is 0 Å². The highest BCUT2D eigenvalue weighted by Gasteiger charge is 2.01. The molecular formula is C13H19N3OS. The van der Waals surface area contributed by atoms with Gasteiger partial charge in [0.1, 0.15) is 6.61 Å². The Morgan fingerprint density at radius 2 is 2.39 bits per heavy atom. The van der Waals surface area contributed by atoms with E-state index in [1.165, 1.54) is 4.88 Å². The van der Waals surface area contributed by atoms with Crippen LogP contribution in [0.1, 0.15) is 24.8 Å². The van der Waals surface area contributed by atoms with E-state index < -0.39 is 0 Å².